The summed E-state index contributed by atoms with van der Waals surface area (Å²) >= 11 is 0. The maximum atomic E-state index is 13.4. The van der Waals surface area contributed by atoms with E-state index in [1.54, 1.807) is 18.2 Å². The molecule has 3 aromatic carbocycles. The van der Waals surface area contributed by atoms with Gasteiger partial charge in [-0.1, -0.05) is 49.4 Å². The van der Waals surface area contributed by atoms with Gasteiger partial charge in [-0.05, 0) is 73.7 Å². The van der Waals surface area contributed by atoms with Crippen LogP contribution in [0, 0.1) is 13.8 Å². The van der Waals surface area contributed by atoms with Gasteiger partial charge < -0.3 is 9.30 Å². The molecular formula is C32H31N3O4. The van der Waals surface area contributed by atoms with Crippen molar-refractivity contribution < 1.29 is 19.1 Å². The summed E-state index contributed by atoms with van der Waals surface area (Å²) in [5.74, 6) is -0.458. The van der Waals surface area contributed by atoms with Gasteiger partial charge >= 0.3 is 6.03 Å². The number of para-hydroxylation sites is 1. The number of ether oxygens (including phenoxy) is 1. The Hall–Kier alpha value is -4.65. The Morgan fingerprint density at radius 1 is 0.923 bits per heavy atom. The molecule has 0 aliphatic carbocycles. The summed E-state index contributed by atoms with van der Waals surface area (Å²) in [4.78, 5) is 39.8. The van der Waals surface area contributed by atoms with Crippen LogP contribution in [-0.4, -0.2) is 29.0 Å². The molecule has 4 amide bonds. The molecule has 0 bridgehead atoms. The van der Waals surface area contributed by atoms with Crippen molar-refractivity contribution in [3.8, 4) is 5.75 Å². The van der Waals surface area contributed by atoms with E-state index in [1.165, 1.54) is 5.56 Å². The first-order valence-corrected chi connectivity index (χ1v) is 13.1. The molecule has 4 aromatic rings. The number of aromatic nitrogens is 1. The molecule has 1 aliphatic rings. The Morgan fingerprint density at radius 2 is 1.69 bits per heavy atom. The maximum Gasteiger partial charge on any atom is 0.335 e. The number of fused-ring (bicyclic) bond motifs is 1. The molecule has 198 valence electrons. The standard InChI is InChI=1S/C32H31N3O4/c1-4-23-13-15-25(16-14-23)35-31(37)27(30(36)33-32(35)38)19-24-20-34(28-11-6-5-10-26(24)28)17-8-18-39-29-12-7-9-21(2)22(29)3/h5-7,9-16,19-20H,4,8,17-18H2,1-3H3,(H,33,36,38)/b27-19-. The fourth-order valence-electron chi connectivity index (χ4n) is 4.80. The third-order valence-corrected chi connectivity index (χ3v) is 7.18. The molecule has 0 radical (unpaired) electrons. The molecule has 0 unspecified atom stereocenters. The number of benzene rings is 3. The Morgan fingerprint density at radius 3 is 2.46 bits per heavy atom. The molecule has 1 fully saturated rings. The van der Waals surface area contributed by atoms with Gasteiger partial charge in [0.05, 0.1) is 12.3 Å². The SMILES string of the molecule is CCc1ccc(N2C(=O)NC(=O)/C(=C/c3cn(CCCOc4cccc(C)c4C)c4ccccc34)C2=O)cc1. The zero-order valence-electron chi connectivity index (χ0n) is 22.4. The lowest BCUT2D eigenvalue weighted by Crippen LogP contribution is -2.54. The fraction of sp³-hybridized carbons (Fsp3) is 0.219. The van der Waals surface area contributed by atoms with Crippen molar-refractivity contribution in [2.24, 2.45) is 0 Å². The number of aryl methyl sites for hydroxylation is 3. The number of hydrogen-bond donors (Lipinski definition) is 1. The molecule has 0 spiro atoms. The van der Waals surface area contributed by atoms with Gasteiger partial charge in [0, 0.05) is 29.2 Å². The van der Waals surface area contributed by atoms with E-state index in [0.717, 1.165) is 51.1 Å². The molecule has 5 rings (SSSR count). The fourth-order valence-corrected chi connectivity index (χ4v) is 4.80. The first-order chi connectivity index (χ1) is 18.9. The minimum atomic E-state index is -0.752. The van der Waals surface area contributed by atoms with Gasteiger partial charge in [-0.3, -0.25) is 14.9 Å². The maximum absolute atomic E-state index is 13.4. The molecule has 0 atom stereocenters. The van der Waals surface area contributed by atoms with Gasteiger partial charge in [0.1, 0.15) is 11.3 Å². The molecule has 1 aliphatic heterocycles. The second kappa shape index (κ2) is 11.0. The van der Waals surface area contributed by atoms with E-state index < -0.39 is 17.8 Å². The van der Waals surface area contributed by atoms with Gasteiger partial charge in [0.25, 0.3) is 11.8 Å². The average Bonchev–Trinajstić information content (AvgIpc) is 3.29. The summed E-state index contributed by atoms with van der Waals surface area (Å²) in [7, 11) is 0. The highest BCUT2D eigenvalue weighted by molar-refractivity contribution is 6.39. The van der Waals surface area contributed by atoms with Crippen LogP contribution < -0.4 is 15.0 Å². The highest BCUT2D eigenvalue weighted by Crippen LogP contribution is 2.27. The molecule has 1 saturated heterocycles. The molecular weight excluding hydrogens is 490 g/mol. The van der Waals surface area contributed by atoms with Crippen LogP contribution in [0.3, 0.4) is 0 Å². The van der Waals surface area contributed by atoms with Crippen molar-refractivity contribution in [1.82, 2.24) is 9.88 Å². The van der Waals surface area contributed by atoms with Crippen molar-refractivity contribution in [2.45, 2.75) is 40.2 Å². The van der Waals surface area contributed by atoms with E-state index >= 15 is 0 Å². The predicted molar refractivity (Wildman–Crippen MR) is 153 cm³/mol. The minimum Gasteiger partial charge on any atom is -0.493 e. The largest absolute Gasteiger partial charge is 0.493 e. The van der Waals surface area contributed by atoms with Crippen molar-refractivity contribution in [3.05, 3.63) is 101 Å². The van der Waals surface area contributed by atoms with Crippen LogP contribution in [-0.2, 0) is 22.6 Å². The van der Waals surface area contributed by atoms with Crippen LogP contribution in [0.4, 0.5) is 10.5 Å². The highest BCUT2D eigenvalue weighted by Gasteiger charge is 2.37. The Labute approximate surface area is 227 Å². The molecule has 7 nitrogen and oxygen atoms in total. The number of barbiturate groups is 1. The normalized spacial score (nSPS) is 14.8. The second-order valence-corrected chi connectivity index (χ2v) is 9.67. The van der Waals surface area contributed by atoms with Crippen LogP contribution in [0.25, 0.3) is 17.0 Å². The summed E-state index contributed by atoms with van der Waals surface area (Å²) in [5, 5.41) is 3.23. The van der Waals surface area contributed by atoms with Gasteiger partial charge in [-0.25, -0.2) is 9.69 Å². The Bertz CT molecular complexity index is 1600. The Kier molecular flexibility index (Phi) is 7.32. The van der Waals surface area contributed by atoms with Crippen molar-refractivity contribution in [1.29, 1.82) is 0 Å². The quantitative estimate of drug-likeness (QED) is 0.176. The second-order valence-electron chi connectivity index (χ2n) is 9.67. The number of urea groups is 1. The predicted octanol–water partition coefficient (Wildman–Crippen LogP) is 5.96. The third-order valence-electron chi connectivity index (χ3n) is 7.18. The summed E-state index contributed by atoms with van der Waals surface area (Å²) in [6.45, 7) is 7.41. The number of nitrogens with zero attached hydrogens (tertiary/aromatic N) is 2. The van der Waals surface area contributed by atoms with E-state index in [4.69, 9.17) is 4.74 Å². The number of hydrogen-bond acceptors (Lipinski definition) is 4. The van der Waals surface area contributed by atoms with E-state index in [2.05, 4.69) is 29.8 Å². The molecule has 7 heteroatoms. The van der Waals surface area contributed by atoms with Crippen LogP contribution in [0.5, 0.6) is 5.75 Å². The van der Waals surface area contributed by atoms with Gasteiger partial charge in [0.15, 0.2) is 0 Å². The lowest BCUT2D eigenvalue weighted by atomic mass is 10.1. The number of imide groups is 2. The molecule has 0 saturated carbocycles. The number of carbonyl (C=O) groups excluding carboxylic acids is 3. The van der Waals surface area contributed by atoms with Crippen LogP contribution in [0.15, 0.2) is 78.5 Å². The van der Waals surface area contributed by atoms with E-state index in [0.29, 0.717) is 18.8 Å². The van der Waals surface area contributed by atoms with Gasteiger partial charge in [-0.2, -0.15) is 0 Å². The molecule has 1 aromatic heterocycles. The first kappa shape index (κ1) is 26.0. The van der Waals surface area contributed by atoms with Crippen molar-refractivity contribution in [2.75, 3.05) is 11.5 Å². The van der Waals surface area contributed by atoms with Crippen molar-refractivity contribution >= 4 is 40.5 Å². The molecule has 1 N–H and O–H groups in total. The Balaban J connectivity index is 1.39. The van der Waals surface area contributed by atoms with E-state index in [9.17, 15) is 14.4 Å². The summed E-state index contributed by atoms with van der Waals surface area (Å²) in [5.41, 5.74) is 5.47. The smallest absolute Gasteiger partial charge is 0.335 e. The lowest BCUT2D eigenvalue weighted by molar-refractivity contribution is -0.122. The highest BCUT2D eigenvalue weighted by atomic mass is 16.5. The summed E-state index contributed by atoms with van der Waals surface area (Å²) in [6.07, 6.45) is 5.12. The monoisotopic (exact) mass is 521 g/mol. The summed E-state index contributed by atoms with van der Waals surface area (Å²) in [6, 6.07) is 20.3. The number of anilines is 1. The molecule has 39 heavy (non-hydrogen) atoms. The summed E-state index contributed by atoms with van der Waals surface area (Å²) < 4.78 is 8.13. The van der Waals surface area contributed by atoms with Gasteiger partial charge in [0.2, 0.25) is 0 Å². The van der Waals surface area contributed by atoms with Gasteiger partial charge in [-0.15, -0.1) is 0 Å². The molecule has 2 heterocycles. The van der Waals surface area contributed by atoms with Crippen LogP contribution in [0.1, 0.15) is 35.6 Å². The van der Waals surface area contributed by atoms with Crippen LogP contribution in [0.2, 0.25) is 0 Å². The number of rotatable bonds is 8. The zero-order chi connectivity index (χ0) is 27.5. The first-order valence-electron chi connectivity index (χ1n) is 13.1. The third kappa shape index (κ3) is 5.21. The van der Waals surface area contributed by atoms with Crippen LogP contribution >= 0.6 is 0 Å². The zero-order valence-corrected chi connectivity index (χ0v) is 22.4. The lowest BCUT2D eigenvalue weighted by Gasteiger charge is -2.26. The van der Waals surface area contributed by atoms with E-state index in [1.807, 2.05) is 61.7 Å². The van der Waals surface area contributed by atoms with E-state index in [-0.39, 0.29) is 5.57 Å². The average molecular weight is 522 g/mol. The minimum absolute atomic E-state index is 0.0877. The topological polar surface area (TPSA) is 80.6 Å². The number of nitrogens with one attached hydrogen (secondary N) is 1. The van der Waals surface area contributed by atoms with Crippen molar-refractivity contribution in [3.63, 3.8) is 0 Å². The number of amides is 4. The number of carbonyl (C=O) groups is 3.